The molecule has 5 atom stereocenters. The van der Waals surface area contributed by atoms with E-state index in [1.807, 2.05) is 13.2 Å². The van der Waals surface area contributed by atoms with E-state index >= 15 is 0 Å². The quantitative estimate of drug-likeness (QED) is 0.170. The Balaban J connectivity index is 5.37. The highest BCUT2D eigenvalue weighted by molar-refractivity contribution is 7.98. The van der Waals surface area contributed by atoms with Crippen molar-refractivity contribution < 1.29 is 24.3 Å². The van der Waals surface area contributed by atoms with Crippen molar-refractivity contribution in [2.75, 3.05) is 23.5 Å². The lowest BCUT2D eigenvalue weighted by atomic mass is 9.97. The molecule has 0 rings (SSSR count). The van der Waals surface area contributed by atoms with Crippen molar-refractivity contribution in [2.45, 2.75) is 50.9 Å². The lowest BCUT2D eigenvalue weighted by Gasteiger charge is -2.27. The molecule has 168 valence electrons. The van der Waals surface area contributed by atoms with E-state index in [9.17, 15) is 19.2 Å². The fourth-order valence-corrected chi connectivity index (χ4v) is 3.15. The SMILES string of the molecule is CCC(C)C(NC(=O)C(CCSC)NC(=O)C(N)CS)C(=O)NC(CS)C(=O)O. The van der Waals surface area contributed by atoms with Gasteiger partial charge in [0.05, 0.1) is 6.04 Å². The second-order valence-electron chi connectivity index (χ2n) is 6.59. The highest BCUT2D eigenvalue weighted by Gasteiger charge is 2.32. The normalized spacial score (nSPS) is 16.1. The first-order valence-electron chi connectivity index (χ1n) is 9.22. The maximum Gasteiger partial charge on any atom is 0.327 e. The highest BCUT2D eigenvalue weighted by Crippen LogP contribution is 2.10. The van der Waals surface area contributed by atoms with Crippen LogP contribution in [0.5, 0.6) is 0 Å². The second kappa shape index (κ2) is 14.8. The van der Waals surface area contributed by atoms with Gasteiger partial charge in [0.15, 0.2) is 0 Å². The van der Waals surface area contributed by atoms with Gasteiger partial charge in [-0.1, -0.05) is 20.3 Å². The number of hydrogen-bond acceptors (Lipinski definition) is 8. The molecule has 0 heterocycles. The van der Waals surface area contributed by atoms with Crippen molar-refractivity contribution in [1.82, 2.24) is 16.0 Å². The molecule has 5 unspecified atom stereocenters. The minimum atomic E-state index is -1.21. The van der Waals surface area contributed by atoms with Crippen LogP contribution in [0, 0.1) is 5.92 Å². The van der Waals surface area contributed by atoms with Crippen LogP contribution in [-0.2, 0) is 19.2 Å². The molecule has 6 N–H and O–H groups in total. The van der Waals surface area contributed by atoms with Gasteiger partial charge < -0.3 is 26.8 Å². The van der Waals surface area contributed by atoms with Gasteiger partial charge >= 0.3 is 5.97 Å². The molecule has 0 saturated heterocycles. The molecule has 0 fully saturated rings. The van der Waals surface area contributed by atoms with E-state index in [0.717, 1.165) is 0 Å². The highest BCUT2D eigenvalue weighted by atomic mass is 32.2. The van der Waals surface area contributed by atoms with Gasteiger partial charge in [0.1, 0.15) is 18.1 Å². The molecule has 0 aromatic carbocycles. The van der Waals surface area contributed by atoms with Crippen molar-refractivity contribution >= 4 is 60.7 Å². The maximum absolute atomic E-state index is 12.8. The van der Waals surface area contributed by atoms with Crippen LogP contribution < -0.4 is 21.7 Å². The van der Waals surface area contributed by atoms with Gasteiger partial charge in [0.25, 0.3) is 0 Å². The standard InChI is InChI=1S/C17H32N4O5S3/c1-4-9(2)13(16(24)20-12(8-28)17(25)26)21-15(23)11(5-6-29-3)19-14(22)10(18)7-27/h9-13,27-28H,4-8,18H2,1-3H3,(H,19,22)(H,20,24)(H,21,23)(H,25,26). The predicted molar refractivity (Wildman–Crippen MR) is 122 cm³/mol. The molecule has 0 bridgehead atoms. The van der Waals surface area contributed by atoms with Crippen LogP contribution in [0.4, 0.5) is 0 Å². The summed E-state index contributed by atoms with van der Waals surface area (Å²) in [5.74, 6) is -2.48. The third-order valence-corrected chi connectivity index (χ3v) is 5.77. The molecule has 9 nitrogen and oxygen atoms in total. The molecular weight excluding hydrogens is 436 g/mol. The number of nitrogens with one attached hydrogen (secondary N) is 3. The Morgan fingerprint density at radius 2 is 1.59 bits per heavy atom. The lowest BCUT2D eigenvalue weighted by molar-refractivity contribution is -0.142. The molecule has 0 aliphatic heterocycles. The fraction of sp³-hybridized carbons (Fsp3) is 0.765. The van der Waals surface area contributed by atoms with Gasteiger partial charge in [-0.2, -0.15) is 37.0 Å². The first-order valence-corrected chi connectivity index (χ1v) is 11.9. The number of nitrogens with two attached hydrogens (primary N) is 1. The second-order valence-corrected chi connectivity index (χ2v) is 8.30. The zero-order chi connectivity index (χ0) is 22.6. The fourth-order valence-electron chi connectivity index (χ4n) is 2.27. The average Bonchev–Trinajstić information content (AvgIpc) is 2.70. The van der Waals surface area contributed by atoms with Gasteiger partial charge in [-0.3, -0.25) is 14.4 Å². The van der Waals surface area contributed by atoms with E-state index in [1.165, 1.54) is 11.8 Å². The number of rotatable bonds is 14. The minimum absolute atomic E-state index is 0.0870. The van der Waals surface area contributed by atoms with Gasteiger partial charge in [-0.05, 0) is 24.3 Å². The van der Waals surface area contributed by atoms with Crippen LogP contribution in [0.15, 0.2) is 0 Å². The number of thiol groups is 2. The number of hydrogen-bond donors (Lipinski definition) is 7. The number of carbonyl (C=O) groups excluding carboxylic acids is 3. The van der Waals surface area contributed by atoms with E-state index in [2.05, 4.69) is 41.2 Å². The Bertz CT molecular complexity index is 567. The molecule has 0 spiro atoms. The predicted octanol–water partition coefficient (Wildman–Crippen LogP) is -0.488. The Morgan fingerprint density at radius 3 is 2.03 bits per heavy atom. The molecule has 0 aliphatic rings. The van der Waals surface area contributed by atoms with Crippen molar-refractivity contribution in [3.05, 3.63) is 0 Å². The van der Waals surface area contributed by atoms with Crippen molar-refractivity contribution in [3.8, 4) is 0 Å². The van der Waals surface area contributed by atoms with Crippen LogP contribution >= 0.6 is 37.0 Å². The van der Waals surface area contributed by atoms with E-state index in [-0.39, 0.29) is 17.4 Å². The Kier molecular flexibility index (Phi) is 14.2. The summed E-state index contributed by atoms with van der Waals surface area (Å²) in [7, 11) is 0. The van der Waals surface area contributed by atoms with E-state index in [1.54, 1.807) is 6.92 Å². The number of carboxylic acid groups (broad SMARTS) is 1. The van der Waals surface area contributed by atoms with Crippen LogP contribution in [0.1, 0.15) is 26.7 Å². The molecule has 3 amide bonds. The third kappa shape index (κ3) is 9.96. The van der Waals surface area contributed by atoms with Gasteiger partial charge in [0, 0.05) is 11.5 Å². The van der Waals surface area contributed by atoms with Crippen LogP contribution in [0.3, 0.4) is 0 Å². The van der Waals surface area contributed by atoms with Crippen LogP contribution in [0.25, 0.3) is 0 Å². The molecule has 0 radical (unpaired) electrons. The third-order valence-electron chi connectivity index (χ3n) is 4.37. The summed E-state index contributed by atoms with van der Waals surface area (Å²) in [4.78, 5) is 48.7. The van der Waals surface area contributed by atoms with Crippen molar-refractivity contribution in [2.24, 2.45) is 11.7 Å². The number of amides is 3. The zero-order valence-corrected chi connectivity index (χ0v) is 19.5. The summed E-state index contributed by atoms with van der Waals surface area (Å²) in [6.45, 7) is 3.62. The van der Waals surface area contributed by atoms with Gasteiger partial charge in [-0.15, -0.1) is 0 Å². The molecule has 0 aromatic heterocycles. The Labute approximate surface area is 186 Å². The lowest BCUT2D eigenvalue weighted by Crippen LogP contribution is -2.59. The number of thioether (sulfide) groups is 1. The summed E-state index contributed by atoms with van der Waals surface area (Å²) < 4.78 is 0. The van der Waals surface area contributed by atoms with Crippen LogP contribution in [-0.4, -0.2) is 76.5 Å². The summed E-state index contributed by atoms with van der Waals surface area (Å²) in [6.07, 6.45) is 2.79. The molecule has 0 aromatic rings. The monoisotopic (exact) mass is 468 g/mol. The summed E-state index contributed by atoms with van der Waals surface area (Å²) in [5, 5.41) is 16.8. The summed E-state index contributed by atoms with van der Waals surface area (Å²) in [5.41, 5.74) is 5.66. The molecule has 29 heavy (non-hydrogen) atoms. The van der Waals surface area contributed by atoms with Gasteiger partial charge in [-0.25, -0.2) is 4.79 Å². The van der Waals surface area contributed by atoms with Crippen molar-refractivity contribution in [3.63, 3.8) is 0 Å². The van der Waals surface area contributed by atoms with Crippen molar-refractivity contribution in [1.29, 1.82) is 0 Å². The molecular formula is C17H32N4O5S3. The summed E-state index contributed by atoms with van der Waals surface area (Å²) in [6, 6.07) is -3.86. The minimum Gasteiger partial charge on any atom is -0.480 e. The van der Waals surface area contributed by atoms with Crippen LogP contribution in [0.2, 0.25) is 0 Å². The first-order chi connectivity index (χ1) is 13.6. The number of aliphatic carboxylic acids is 1. The van der Waals surface area contributed by atoms with E-state index in [4.69, 9.17) is 10.8 Å². The molecule has 0 saturated carbocycles. The molecule has 12 heteroatoms. The molecule has 0 aliphatic carbocycles. The maximum atomic E-state index is 12.8. The number of carbonyl (C=O) groups is 4. The summed E-state index contributed by atoms with van der Waals surface area (Å²) >= 11 is 9.42. The Hall–Kier alpha value is -1.11. The van der Waals surface area contributed by atoms with E-state index in [0.29, 0.717) is 18.6 Å². The topological polar surface area (TPSA) is 151 Å². The van der Waals surface area contributed by atoms with Gasteiger partial charge in [0.2, 0.25) is 17.7 Å². The zero-order valence-electron chi connectivity index (χ0n) is 16.9. The number of carboxylic acids is 1. The average molecular weight is 469 g/mol. The Morgan fingerprint density at radius 1 is 1.00 bits per heavy atom. The first kappa shape index (κ1) is 27.9. The smallest absolute Gasteiger partial charge is 0.327 e. The van der Waals surface area contributed by atoms with E-state index < -0.39 is 47.9 Å². The largest absolute Gasteiger partial charge is 0.480 e.